The van der Waals surface area contributed by atoms with Gasteiger partial charge in [0.25, 0.3) is 0 Å². The van der Waals surface area contributed by atoms with Gasteiger partial charge in [-0.2, -0.15) is 0 Å². The smallest absolute Gasteiger partial charge is 0.307 e. The molecule has 1 N–H and O–H groups in total. The molecule has 0 saturated carbocycles. The van der Waals surface area contributed by atoms with Gasteiger partial charge in [0.2, 0.25) is 0 Å². The molecule has 6 heteroatoms. The Bertz CT molecular complexity index is 177. The fraction of sp³-hybridized carbons (Fsp3) is 0.909. The summed E-state index contributed by atoms with van der Waals surface area (Å²) >= 11 is 0. The van der Waals surface area contributed by atoms with Gasteiger partial charge in [-0.15, -0.1) is 0 Å². The van der Waals surface area contributed by atoms with E-state index < -0.39 is 0 Å². The highest BCUT2D eigenvalue weighted by Crippen LogP contribution is 1.87. The standard InChI is InChI=1S/C11H23NO5/c1-12-4-6-16-8-10-17-9-7-15-5-3-11(13)14-2/h12H,3-10H2,1-2H3. The van der Waals surface area contributed by atoms with Crippen molar-refractivity contribution < 1.29 is 23.7 Å². The number of likely N-dealkylation sites (N-methyl/N-ethyl adjacent to an activating group) is 1. The molecule has 0 aliphatic carbocycles. The summed E-state index contributed by atoms with van der Waals surface area (Å²) in [6.07, 6.45) is 0.281. The number of nitrogens with one attached hydrogen (secondary N) is 1. The van der Waals surface area contributed by atoms with Crippen molar-refractivity contribution in [3.05, 3.63) is 0 Å². The Morgan fingerprint density at radius 2 is 1.47 bits per heavy atom. The average molecular weight is 249 g/mol. The Labute approximate surface area is 103 Å². The zero-order valence-electron chi connectivity index (χ0n) is 10.7. The van der Waals surface area contributed by atoms with Gasteiger partial charge in [-0.1, -0.05) is 0 Å². The number of carbonyl (C=O) groups is 1. The summed E-state index contributed by atoms with van der Waals surface area (Å²) in [6, 6.07) is 0. The zero-order chi connectivity index (χ0) is 12.8. The molecule has 0 unspecified atom stereocenters. The van der Waals surface area contributed by atoms with E-state index in [4.69, 9.17) is 14.2 Å². The molecular weight excluding hydrogens is 226 g/mol. The molecule has 0 rings (SSSR count). The maximum atomic E-state index is 10.7. The van der Waals surface area contributed by atoms with E-state index >= 15 is 0 Å². The highest BCUT2D eigenvalue weighted by molar-refractivity contribution is 5.69. The Kier molecular flexibility index (Phi) is 12.8. The highest BCUT2D eigenvalue weighted by Gasteiger charge is 1.98. The van der Waals surface area contributed by atoms with Crippen molar-refractivity contribution in [2.75, 3.05) is 60.3 Å². The Morgan fingerprint density at radius 3 is 2.00 bits per heavy atom. The minimum Gasteiger partial charge on any atom is -0.469 e. The van der Waals surface area contributed by atoms with Crippen molar-refractivity contribution >= 4 is 5.97 Å². The fourth-order valence-electron chi connectivity index (χ4n) is 0.974. The molecule has 102 valence electrons. The van der Waals surface area contributed by atoms with Crippen LogP contribution in [-0.4, -0.2) is 66.3 Å². The van der Waals surface area contributed by atoms with Crippen molar-refractivity contribution in [3.8, 4) is 0 Å². The lowest BCUT2D eigenvalue weighted by molar-refractivity contribution is -0.141. The lowest BCUT2D eigenvalue weighted by atomic mass is 10.5. The van der Waals surface area contributed by atoms with Crippen LogP contribution in [0.2, 0.25) is 0 Å². The molecule has 0 fully saturated rings. The van der Waals surface area contributed by atoms with E-state index in [1.807, 2.05) is 7.05 Å². The first-order chi connectivity index (χ1) is 8.31. The Balaban J connectivity index is 2.96. The van der Waals surface area contributed by atoms with Gasteiger partial charge in [0, 0.05) is 6.54 Å². The molecule has 0 aromatic carbocycles. The number of rotatable bonds is 12. The van der Waals surface area contributed by atoms with E-state index in [9.17, 15) is 4.79 Å². The fourth-order valence-corrected chi connectivity index (χ4v) is 0.974. The van der Waals surface area contributed by atoms with Crippen molar-refractivity contribution in [2.45, 2.75) is 6.42 Å². The maximum Gasteiger partial charge on any atom is 0.307 e. The van der Waals surface area contributed by atoms with Crippen molar-refractivity contribution in [3.63, 3.8) is 0 Å². The summed E-state index contributed by atoms with van der Waals surface area (Å²) in [5, 5.41) is 2.98. The van der Waals surface area contributed by atoms with Gasteiger partial charge >= 0.3 is 5.97 Å². The average Bonchev–Trinajstić information content (AvgIpc) is 2.35. The van der Waals surface area contributed by atoms with E-state index in [0.717, 1.165) is 6.54 Å². The summed E-state index contributed by atoms with van der Waals surface area (Å²) in [5.74, 6) is -0.260. The number of carbonyl (C=O) groups excluding carboxylic acids is 1. The minimum absolute atomic E-state index is 0.260. The lowest BCUT2D eigenvalue weighted by Gasteiger charge is -2.06. The number of ether oxygens (including phenoxy) is 4. The van der Waals surface area contributed by atoms with E-state index in [1.54, 1.807) is 0 Å². The predicted molar refractivity (Wildman–Crippen MR) is 63.0 cm³/mol. The van der Waals surface area contributed by atoms with Crippen LogP contribution in [-0.2, 0) is 23.7 Å². The van der Waals surface area contributed by atoms with E-state index in [0.29, 0.717) is 39.6 Å². The first-order valence-electron chi connectivity index (χ1n) is 5.76. The van der Waals surface area contributed by atoms with Crippen LogP contribution in [0, 0.1) is 0 Å². The van der Waals surface area contributed by atoms with Gasteiger partial charge < -0.3 is 24.3 Å². The molecule has 0 heterocycles. The van der Waals surface area contributed by atoms with E-state index in [2.05, 4.69) is 10.1 Å². The Hall–Kier alpha value is -0.690. The second-order valence-electron chi connectivity index (χ2n) is 3.27. The molecular formula is C11H23NO5. The van der Waals surface area contributed by atoms with Crippen LogP contribution in [0.15, 0.2) is 0 Å². The normalized spacial score (nSPS) is 10.5. The monoisotopic (exact) mass is 249 g/mol. The van der Waals surface area contributed by atoms with E-state index in [-0.39, 0.29) is 12.4 Å². The molecule has 0 aliphatic rings. The number of hydrogen-bond acceptors (Lipinski definition) is 6. The zero-order valence-corrected chi connectivity index (χ0v) is 10.7. The van der Waals surface area contributed by atoms with Crippen LogP contribution in [0.5, 0.6) is 0 Å². The maximum absolute atomic E-state index is 10.7. The predicted octanol–water partition coefficient (Wildman–Crippen LogP) is -0.181. The van der Waals surface area contributed by atoms with Gasteiger partial charge in [-0.3, -0.25) is 4.79 Å². The first kappa shape index (κ1) is 16.3. The molecule has 6 nitrogen and oxygen atoms in total. The third-order valence-corrected chi connectivity index (χ3v) is 1.92. The number of esters is 1. The summed E-state index contributed by atoms with van der Waals surface area (Å²) in [5.41, 5.74) is 0. The molecule has 0 saturated heterocycles. The van der Waals surface area contributed by atoms with Crippen LogP contribution >= 0.6 is 0 Å². The molecule has 0 atom stereocenters. The summed E-state index contributed by atoms with van der Waals surface area (Å²) in [4.78, 5) is 10.7. The van der Waals surface area contributed by atoms with Crippen LogP contribution in [0.4, 0.5) is 0 Å². The first-order valence-corrected chi connectivity index (χ1v) is 5.76. The van der Waals surface area contributed by atoms with Crippen molar-refractivity contribution in [1.82, 2.24) is 5.32 Å². The van der Waals surface area contributed by atoms with Gasteiger partial charge in [0.05, 0.1) is 53.2 Å². The molecule has 0 aliphatic heterocycles. The van der Waals surface area contributed by atoms with Gasteiger partial charge in [-0.05, 0) is 7.05 Å². The molecule has 0 amide bonds. The summed E-state index contributed by atoms with van der Waals surface area (Å²) < 4.78 is 20.2. The number of methoxy groups -OCH3 is 1. The number of hydrogen-bond donors (Lipinski definition) is 1. The SMILES string of the molecule is CNCCOCCOCCOCCC(=O)OC. The molecule has 0 spiro atoms. The molecule has 0 aromatic rings. The minimum atomic E-state index is -0.260. The second kappa shape index (κ2) is 13.4. The lowest BCUT2D eigenvalue weighted by Crippen LogP contribution is -2.16. The third-order valence-electron chi connectivity index (χ3n) is 1.92. The highest BCUT2D eigenvalue weighted by atomic mass is 16.5. The van der Waals surface area contributed by atoms with Crippen LogP contribution in [0.3, 0.4) is 0 Å². The van der Waals surface area contributed by atoms with Gasteiger partial charge in [0.15, 0.2) is 0 Å². The van der Waals surface area contributed by atoms with Crippen molar-refractivity contribution in [1.29, 1.82) is 0 Å². The van der Waals surface area contributed by atoms with Gasteiger partial charge in [-0.25, -0.2) is 0 Å². The molecule has 0 aromatic heterocycles. The topological polar surface area (TPSA) is 66.0 Å². The summed E-state index contributed by atoms with van der Waals surface area (Å²) in [7, 11) is 3.24. The summed E-state index contributed by atoms with van der Waals surface area (Å²) in [6.45, 7) is 4.04. The van der Waals surface area contributed by atoms with Crippen LogP contribution in [0.25, 0.3) is 0 Å². The van der Waals surface area contributed by atoms with Crippen LogP contribution < -0.4 is 5.32 Å². The molecule has 17 heavy (non-hydrogen) atoms. The molecule has 0 radical (unpaired) electrons. The van der Waals surface area contributed by atoms with Gasteiger partial charge in [0.1, 0.15) is 0 Å². The largest absolute Gasteiger partial charge is 0.469 e. The van der Waals surface area contributed by atoms with Crippen molar-refractivity contribution in [2.24, 2.45) is 0 Å². The van der Waals surface area contributed by atoms with Crippen LogP contribution in [0.1, 0.15) is 6.42 Å². The Morgan fingerprint density at radius 1 is 0.941 bits per heavy atom. The third kappa shape index (κ3) is 13.2. The van der Waals surface area contributed by atoms with E-state index in [1.165, 1.54) is 7.11 Å². The second-order valence-corrected chi connectivity index (χ2v) is 3.27. The molecule has 0 bridgehead atoms. The quantitative estimate of drug-likeness (QED) is 0.382.